The minimum Gasteiger partial charge on any atom is -0.385 e. The first kappa shape index (κ1) is 10.4. The molecule has 72 valence electrons. The van der Waals surface area contributed by atoms with E-state index < -0.39 is 6.10 Å². The van der Waals surface area contributed by atoms with Gasteiger partial charge in [0.1, 0.15) is 6.10 Å². The second-order valence-electron chi connectivity index (χ2n) is 2.89. The molecule has 0 saturated heterocycles. The average molecular weight is 201 g/mol. The van der Waals surface area contributed by atoms with Gasteiger partial charge >= 0.3 is 0 Å². The van der Waals surface area contributed by atoms with Gasteiger partial charge in [-0.25, -0.2) is 0 Å². The molecule has 2 atom stereocenters. The number of nitrogens with two attached hydrogens (primary N) is 1. The molecule has 3 N–H and O–H groups in total. The standard InChI is InChI=1S/C9H13ClN2O/c1-2-7(11)9(13)8-6(10)4-3-5-12-8/h3-5,7,9,13H,2,11H2,1H3/t7-,9-/m1/s1. The third kappa shape index (κ3) is 2.40. The Morgan fingerprint density at radius 1 is 1.69 bits per heavy atom. The Balaban J connectivity index is 2.88. The Morgan fingerprint density at radius 2 is 2.38 bits per heavy atom. The molecule has 0 spiro atoms. The Bertz CT molecular complexity index is 280. The number of aliphatic hydroxyl groups is 1. The third-order valence-corrected chi connectivity index (χ3v) is 2.26. The van der Waals surface area contributed by atoms with Crippen LogP contribution >= 0.6 is 11.6 Å². The first-order valence-corrected chi connectivity index (χ1v) is 4.58. The van der Waals surface area contributed by atoms with E-state index in [0.29, 0.717) is 17.1 Å². The van der Waals surface area contributed by atoms with Gasteiger partial charge in [0.05, 0.1) is 10.7 Å². The Kier molecular flexibility index (Phi) is 3.66. The zero-order valence-corrected chi connectivity index (χ0v) is 8.20. The first-order valence-electron chi connectivity index (χ1n) is 4.21. The largest absolute Gasteiger partial charge is 0.385 e. The summed E-state index contributed by atoms with van der Waals surface area (Å²) in [4.78, 5) is 3.99. The quantitative estimate of drug-likeness (QED) is 0.778. The van der Waals surface area contributed by atoms with Crippen molar-refractivity contribution in [3.63, 3.8) is 0 Å². The van der Waals surface area contributed by atoms with E-state index >= 15 is 0 Å². The topological polar surface area (TPSA) is 59.1 Å². The number of hydrogen-bond acceptors (Lipinski definition) is 3. The van der Waals surface area contributed by atoms with Crippen LogP contribution in [0.3, 0.4) is 0 Å². The maximum atomic E-state index is 9.70. The summed E-state index contributed by atoms with van der Waals surface area (Å²) >= 11 is 5.84. The molecule has 0 unspecified atom stereocenters. The fourth-order valence-corrected chi connectivity index (χ4v) is 1.27. The number of pyridine rings is 1. The van der Waals surface area contributed by atoms with Crippen LogP contribution in [0.2, 0.25) is 5.02 Å². The summed E-state index contributed by atoms with van der Waals surface area (Å²) in [6.45, 7) is 1.91. The van der Waals surface area contributed by atoms with Crippen LogP contribution in [0.15, 0.2) is 18.3 Å². The molecule has 0 bridgehead atoms. The van der Waals surface area contributed by atoms with E-state index in [9.17, 15) is 5.11 Å². The minimum atomic E-state index is -0.779. The van der Waals surface area contributed by atoms with Crippen LogP contribution in [-0.4, -0.2) is 16.1 Å². The fraction of sp³-hybridized carbons (Fsp3) is 0.444. The van der Waals surface area contributed by atoms with Crippen LogP contribution in [-0.2, 0) is 0 Å². The van der Waals surface area contributed by atoms with Gasteiger partial charge < -0.3 is 10.8 Å². The van der Waals surface area contributed by atoms with Gasteiger partial charge in [0, 0.05) is 12.2 Å². The van der Waals surface area contributed by atoms with Crippen molar-refractivity contribution in [2.45, 2.75) is 25.5 Å². The molecule has 0 fully saturated rings. The molecule has 0 aliphatic rings. The van der Waals surface area contributed by atoms with Crippen molar-refractivity contribution in [1.82, 2.24) is 4.98 Å². The molecule has 1 heterocycles. The van der Waals surface area contributed by atoms with E-state index in [4.69, 9.17) is 17.3 Å². The molecule has 4 heteroatoms. The van der Waals surface area contributed by atoms with Crippen molar-refractivity contribution in [1.29, 1.82) is 0 Å². The highest BCUT2D eigenvalue weighted by Crippen LogP contribution is 2.22. The van der Waals surface area contributed by atoms with E-state index in [0.717, 1.165) is 0 Å². The van der Waals surface area contributed by atoms with Crippen molar-refractivity contribution in [2.24, 2.45) is 5.73 Å². The minimum absolute atomic E-state index is 0.313. The Morgan fingerprint density at radius 3 is 2.92 bits per heavy atom. The van der Waals surface area contributed by atoms with Gasteiger partial charge in [0.25, 0.3) is 0 Å². The van der Waals surface area contributed by atoms with Gasteiger partial charge in [-0.2, -0.15) is 0 Å². The molecule has 0 saturated carbocycles. The number of rotatable bonds is 3. The lowest BCUT2D eigenvalue weighted by Gasteiger charge is -2.17. The highest BCUT2D eigenvalue weighted by atomic mass is 35.5. The van der Waals surface area contributed by atoms with Crippen molar-refractivity contribution >= 4 is 11.6 Å². The summed E-state index contributed by atoms with van der Waals surface area (Å²) < 4.78 is 0. The van der Waals surface area contributed by atoms with Gasteiger partial charge in [0.15, 0.2) is 0 Å². The van der Waals surface area contributed by atoms with E-state index in [2.05, 4.69) is 4.98 Å². The van der Waals surface area contributed by atoms with Gasteiger partial charge in [-0.1, -0.05) is 18.5 Å². The smallest absolute Gasteiger partial charge is 0.112 e. The molecule has 1 aromatic heterocycles. The van der Waals surface area contributed by atoms with Gasteiger partial charge in [-0.05, 0) is 18.6 Å². The van der Waals surface area contributed by atoms with E-state index in [1.807, 2.05) is 6.92 Å². The van der Waals surface area contributed by atoms with E-state index in [1.54, 1.807) is 18.3 Å². The van der Waals surface area contributed by atoms with Crippen LogP contribution in [0.4, 0.5) is 0 Å². The van der Waals surface area contributed by atoms with Crippen LogP contribution in [0.5, 0.6) is 0 Å². The number of halogens is 1. The summed E-state index contributed by atoms with van der Waals surface area (Å²) in [5.41, 5.74) is 6.13. The maximum absolute atomic E-state index is 9.70. The second-order valence-corrected chi connectivity index (χ2v) is 3.29. The SMILES string of the molecule is CC[C@@H](N)[C@@H](O)c1ncccc1Cl. The van der Waals surface area contributed by atoms with Crippen LogP contribution < -0.4 is 5.73 Å². The zero-order chi connectivity index (χ0) is 9.84. The molecule has 1 rings (SSSR count). The van der Waals surface area contributed by atoms with Crippen LogP contribution in [0.1, 0.15) is 25.1 Å². The molecule has 13 heavy (non-hydrogen) atoms. The molecule has 0 amide bonds. The summed E-state index contributed by atoms with van der Waals surface area (Å²) in [5, 5.41) is 10.2. The number of nitrogens with zero attached hydrogens (tertiary/aromatic N) is 1. The summed E-state index contributed by atoms with van der Waals surface area (Å²) in [7, 11) is 0. The number of hydrogen-bond donors (Lipinski definition) is 2. The Labute approximate surface area is 82.5 Å². The predicted octanol–water partition coefficient (Wildman–Crippen LogP) is 1.51. The molecule has 1 aromatic rings. The van der Waals surface area contributed by atoms with Crippen LogP contribution in [0, 0.1) is 0 Å². The highest BCUT2D eigenvalue weighted by Gasteiger charge is 2.18. The molecule has 0 aliphatic heterocycles. The van der Waals surface area contributed by atoms with Crippen molar-refractivity contribution < 1.29 is 5.11 Å². The molecule has 0 radical (unpaired) electrons. The molecular formula is C9H13ClN2O. The first-order chi connectivity index (χ1) is 6.16. The molecule has 0 aromatic carbocycles. The lowest BCUT2D eigenvalue weighted by Crippen LogP contribution is -2.28. The average Bonchev–Trinajstić information content (AvgIpc) is 2.16. The van der Waals surface area contributed by atoms with Gasteiger partial charge in [-0.3, -0.25) is 4.98 Å². The number of aromatic nitrogens is 1. The third-order valence-electron chi connectivity index (χ3n) is 1.94. The molecule has 3 nitrogen and oxygen atoms in total. The van der Waals surface area contributed by atoms with E-state index in [-0.39, 0.29) is 6.04 Å². The fourth-order valence-electron chi connectivity index (χ4n) is 1.04. The monoisotopic (exact) mass is 200 g/mol. The summed E-state index contributed by atoms with van der Waals surface area (Å²) in [6, 6.07) is 3.10. The second kappa shape index (κ2) is 4.56. The van der Waals surface area contributed by atoms with Crippen LogP contribution in [0.25, 0.3) is 0 Å². The number of aliphatic hydroxyl groups excluding tert-OH is 1. The summed E-state index contributed by atoms with van der Waals surface area (Å²) in [6.07, 6.45) is 1.50. The lowest BCUT2D eigenvalue weighted by molar-refractivity contribution is 0.140. The Hall–Kier alpha value is -0.640. The normalized spacial score (nSPS) is 15.4. The van der Waals surface area contributed by atoms with Crippen molar-refractivity contribution in [3.8, 4) is 0 Å². The van der Waals surface area contributed by atoms with Gasteiger partial charge in [0.2, 0.25) is 0 Å². The zero-order valence-electron chi connectivity index (χ0n) is 7.44. The molecule has 0 aliphatic carbocycles. The summed E-state index contributed by atoms with van der Waals surface area (Å²) in [5.74, 6) is 0. The van der Waals surface area contributed by atoms with Gasteiger partial charge in [-0.15, -0.1) is 0 Å². The van der Waals surface area contributed by atoms with E-state index in [1.165, 1.54) is 0 Å². The maximum Gasteiger partial charge on any atom is 0.112 e. The lowest BCUT2D eigenvalue weighted by atomic mass is 10.1. The van der Waals surface area contributed by atoms with Crippen molar-refractivity contribution in [2.75, 3.05) is 0 Å². The van der Waals surface area contributed by atoms with Crippen molar-refractivity contribution in [3.05, 3.63) is 29.0 Å². The molecular weight excluding hydrogens is 188 g/mol. The highest BCUT2D eigenvalue weighted by molar-refractivity contribution is 6.31. The predicted molar refractivity (Wildman–Crippen MR) is 52.5 cm³/mol.